The van der Waals surface area contributed by atoms with Gasteiger partial charge in [0, 0.05) is 40.5 Å². The summed E-state index contributed by atoms with van der Waals surface area (Å²) in [4.78, 5) is 16.1. The van der Waals surface area contributed by atoms with Crippen molar-refractivity contribution in [3.8, 4) is 11.5 Å². The summed E-state index contributed by atoms with van der Waals surface area (Å²) >= 11 is 3.20. The lowest BCUT2D eigenvalue weighted by Gasteiger charge is -2.24. The minimum Gasteiger partial charge on any atom is -0.493 e. The van der Waals surface area contributed by atoms with Crippen LogP contribution in [0.4, 0.5) is 0 Å². The maximum absolute atomic E-state index is 13.9. The molecule has 214 valence electrons. The van der Waals surface area contributed by atoms with Crippen LogP contribution < -0.4 is 9.47 Å². The highest BCUT2D eigenvalue weighted by Crippen LogP contribution is 2.42. The summed E-state index contributed by atoms with van der Waals surface area (Å²) in [6, 6.07) is 24.6. The quantitative estimate of drug-likeness (QED) is 0.163. The van der Waals surface area contributed by atoms with Crippen LogP contribution in [0.5, 0.6) is 11.5 Å². The number of carbonyl (C=O) groups excluding carboxylic acids is 1. The van der Waals surface area contributed by atoms with E-state index in [4.69, 9.17) is 14.6 Å². The van der Waals surface area contributed by atoms with Crippen molar-refractivity contribution in [1.29, 1.82) is 0 Å². The van der Waals surface area contributed by atoms with Gasteiger partial charge in [-0.1, -0.05) is 60.2 Å². The van der Waals surface area contributed by atoms with Gasteiger partial charge in [0.15, 0.2) is 11.5 Å². The molecule has 5 aromatic rings. The molecule has 0 saturated heterocycles. The van der Waals surface area contributed by atoms with Crippen molar-refractivity contribution in [2.45, 2.75) is 37.8 Å². The van der Waals surface area contributed by atoms with Crippen molar-refractivity contribution in [3.05, 3.63) is 112 Å². The standard InChI is InChI=1S/C34H33N3O3S2/c1-22-14-15-23(2)24(17-22)19-36-20-32(25-9-5-6-11-28(25)36)42-21-33(38)37-29(18-27(35-37)31-13-8-16-41-31)26-10-7-12-30(39-3)34(26)40-4/h5-17,20,29H,18-19,21H2,1-4H3/t29-/m1/s1. The van der Waals surface area contributed by atoms with Crippen LogP contribution in [0.2, 0.25) is 0 Å². The van der Waals surface area contributed by atoms with Gasteiger partial charge in [0.2, 0.25) is 0 Å². The zero-order valence-corrected chi connectivity index (χ0v) is 25.8. The molecule has 0 saturated carbocycles. The van der Waals surface area contributed by atoms with Crippen LogP contribution in [0, 0.1) is 13.8 Å². The molecule has 0 unspecified atom stereocenters. The third kappa shape index (κ3) is 5.44. The lowest BCUT2D eigenvalue weighted by molar-refractivity contribution is -0.130. The van der Waals surface area contributed by atoms with Gasteiger partial charge in [0.05, 0.1) is 36.6 Å². The van der Waals surface area contributed by atoms with E-state index in [1.165, 1.54) is 16.7 Å². The van der Waals surface area contributed by atoms with Crippen LogP contribution in [0.25, 0.3) is 10.9 Å². The van der Waals surface area contributed by atoms with Crippen LogP contribution >= 0.6 is 23.1 Å². The van der Waals surface area contributed by atoms with E-state index in [0.717, 1.165) is 38.5 Å². The van der Waals surface area contributed by atoms with E-state index in [1.807, 2.05) is 29.6 Å². The number of hydrazone groups is 1. The molecule has 0 bridgehead atoms. The summed E-state index contributed by atoms with van der Waals surface area (Å²) in [7, 11) is 3.26. The lowest BCUT2D eigenvalue weighted by atomic mass is 9.99. The minimum absolute atomic E-state index is 0.0483. The van der Waals surface area contributed by atoms with Gasteiger partial charge in [0.25, 0.3) is 5.91 Å². The molecule has 2 aromatic heterocycles. The van der Waals surface area contributed by atoms with Crippen LogP contribution in [0.3, 0.4) is 0 Å². The average molecular weight is 596 g/mol. The second-order valence-electron chi connectivity index (χ2n) is 10.4. The highest BCUT2D eigenvalue weighted by atomic mass is 32.2. The zero-order valence-electron chi connectivity index (χ0n) is 24.2. The third-order valence-electron chi connectivity index (χ3n) is 7.71. The molecule has 0 fully saturated rings. The number of aromatic nitrogens is 1. The van der Waals surface area contributed by atoms with Crippen molar-refractivity contribution < 1.29 is 14.3 Å². The van der Waals surface area contributed by atoms with E-state index in [2.05, 4.69) is 73.1 Å². The highest BCUT2D eigenvalue weighted by molar-refractivity contribution is 8.00. The molecule has 1 aliphatic heterocycles. The highest BCUT2D eigenvalue weighted by Gasteiger charge is 2.36. The number of nitrogens with zero attached hydrogens (tertiary/aromatic N) is 3. The van der Waals surface area contributed by atoms with Crippen molar-refractivity contribution in [3.63, 3.8) is 0 Å². The predicted octanol–water partition coefficient (Wildman–Crippen LogP) is 7.86. The molecule has 8 heteroatoms. The van der Waals surface area contributed by atoms with Crippen molar-refractivity contribution in [1.82, 2.24) is 9.58 Å². The Labute approximate surface area is 254 Å². The number of methoxy groups -OCH3 is 2. The Morgan fingerprint density at radius 1 is 1.02 bits per heavy atom. The van der Waals surface area contributed by atoms with Gasteiger partial charge >= 0.3 is 0 Å². The van der Waals surface area contributed by atoms with Gasteiger partial charge < -0.3 is 14.0 Å². The second-order valence-corrected chi connectivity index (χ2v) is 12.4. The average Bonchev–Trinajstić information content (AvgIpc) is 3.77. The first-order chi connectivity index (χ1) is 20.5. The van der Waals surface area contributed by atoms with E-state index < -0.39 is 0 Å². The van der Waals surface area contributed by atoms with Gasteiger partial charge in [-0.3, -0.25) is 4.79 Å². The fraction of sp³-hybridized carbons (Fsp3) is 0.235. The number of benzene rings is 3. The molecule has 42 heavy (non-hydrogen) atoms. The number of hydrogen-bond donors (Lipinski definition) is 0. The van der Waals surface area contributed by atoms with E-state index in [9.17, 15) is 4.79 Å². The molecule has 6 nitrogen and oxygen atoms in total. The van der Waals surface area contributed by atoms with Gasteiger partial charge in [0.1, 0.15) is 0 Å². The molecule has 3 aromatic carbocycles. The maximum atomic E-state index is 13.9. The number of para-hydroxylation sites is 2. The summed E-state index contributed by atoms with van der Waals surface area (Å²) in [5.74, 6) is 1.49. The SMILES string of the molecule is COc1cccc([C@H]2CC(c3cccs3)=NN2C(=O)CSc2cn(Cc3cc(C)ccc3C)c3ccccc23)c1OC. The normalized spacial score (nSPS) is 14.8. The molecular formula is C34H33N3O3S2. The molecule has 1 amide bonds. The lowest BCUT2D eigenvalue weighted by Crippen LogP contribution is -2.28. The fourth-order valence-electron chi connectivity index (χ4n) is 5.57. The second kappa shape index (κ2) is 12.1. The number of carbonyl (C=O) groups is 1. The van der Waals surface area contributed by atoms with Gasteiger partial charge in [-0.2, -0.15) is 5.10 Å². The molecule has 1 aliphatic rings. The van der Waals surface area contributed by atoms with Crippen LogP contribution in [-0.4, -0.2) is 41.2 Å². The van der Waals surface area contributed by atoms with Gasteiger partial charge in [-0.05, 0) is 48.6 Å². The number of fused-ring (bicyclic) bond motifs is 1. The molecule has 6 rings (SSSR count). The molecule has 0 spiro atoms. The Morgan fingerprint density at radius 2 is 1.88 bits per heavy atom. The van der Waals surface area contributed by atoms with Crippen LogP contribution in [0.1, 0.15) is 39.6 Å². The van der Waals surface area contributed by atoms with E-state index >= 15 is 0 Å². The smallest absolute Gasteiger partial charge is 0.253 e. The number of hydrogen-bond acceptors (Lipinski definition) is 6. The minimum atomic E-state index is -0.286. The van der Waals surface area contributed by atoms with Crippen molar-refractivity contribution >= 4 is 45.6 Å². The number of amides is 1. The Hall–Kier alpha value is -4.01. The van der Waals surface area contributed by atoms with E-state index in [-0.39, 0.29) is 17.7 Å². The van der Waals surface area contributed by atoms with Gasteiger partial charge in [-0.25, -0.2) is 5.01 Å². The topological polar surface area (TPSA) is 56.1 Å². The Morgan fingerprint density at radius 3 is 2.67 bits per heavy atom. The summed E-state index contributed by atoms with van der Waals surface area (Å²) in [5.41, 5.74) is 6.77. The predicted molar refractivity (Wildman–Crippen MR) is 172 cm³/mol. The van der Waals surface area contributed by atoms with E-state index in [1.54, 1.807) is 42.3 Å². The van der Waals surface area contributed by atoms with Crippen molar-refractivity contribution in [2.24, 2.45) is 5.10 Å². The summed E-state index contributed by atoms with van der Waals surface area (Å²) in [6.45, 7) is 5.06. The fourth-order valence-corrected chi connectivity index (χ4v) is 7.23. The van der Waals surface area contributed by atoms with Crippen LogP contribution in [-0.2, 0) is 11.3 Å². The summed E-state index contributed by atoms with van der Waals surface area (Å²) in [6.07, 6.45) is 2.78. The molecule has 0 N–H and O–H groups in total. The number of rotatable bonds is 9. The molecular weight excluding hydrogens is 563 g/mol. The first-order valence-electron chi connectivity index (χ1n) is 13.9. The maximum Gasteiger partial charge on any atom is 0.253 e. The van der Waals surface area contributed by atoms with E-state index in [0.29, 0.717) is 17.9 Å². The molecule has 3 heterocycles. The molecule has 1 atom stereocenters. The first-order valence-corrected chi connectivity index (χ1v) is 15.7. The van der Waals surface area contributed by atoms with Crippen molar-refractivity contribution in [2.75, 3.05) is 20.0 Å². The molecule has 0 aliphatic carbocycles. The summed E-state index contributed by atoms with van der Waals surface area (Å²) < 4.78 is 13.6. The Bertz CT molecular complexity index is 1770. The molecule has 0 radical (unpaired) electrons. The van der Waals surface area contributed by atoms with Crippen LogP contribution in [0.15, 0.2) is 94.4 Å². The monoisotopic (exact) mass is 595 g/mol. The first kappa shape index (κ1) is 28.1. The number of ether oxygens (including phenoxy) is 2. The zero-order chi connectivity index (χ0) is 29.2. The summed E-state index contributed by atoms with van der Waals surface area (Å²) in [5, 5.41) is 9.70. The Kier molecular flexibility index (Phi) is 8.09. The number of thiophene rings is 1. The Balaban J connectivity index is 1.29. The van der Waals surface area contributed by atoms with Gasteiger partial charge in [-0.15, -0.1) is 23.1 Å². The third-order valence-corrected chi connectivity index (χ3v) is 9.66. The number of thioether (sulfide) groups is 1. The number of aryl methyl sites for hydroxylation is 2. The largest absolute Gasteiger partial charge is 0.493 e.